The summed E-state index contributed by atoms with van der Waals surface area (Å²) in [4.78, 5) is 3.50. The van der Waals surface area contributed by atoms with Gasteiger partial charge in [0.15, 0.2) is 0 Å². The summed E-state index contributed by atoms with van der Waals surface area (Å²) >= 11 is 5.17. The predicted octanol–water partition coefficient (Wildman–Crippen LogP) is 2.51. The van der Waals surface area contributed by atoms with Crippen molar-refractivity contribution in [3.63, 3.8) is 0 Å². The molecule has 0 spiro atoms. The highest BCUT2D eigenvalue weighted by Gasteiger charge is 2.09. The Bertz CT molecular complexity index is 337. The van der Waals surface area contributed by atoms with Crippen LogP contribution in [-0.2, 0) is 6.54 Å². The Hall–Kier alpha value is -0.390. The van der Waals surface area contributed by atoms with Gasteiger partial charge >= 0.3 is 0 Å². The van der Waals surface area contributed by atoms with Crippen LogP contribution in [-0.4, -0.2) is 24.3 Å². The highest BCUT2D eigenvalue weighted by atomic mass is 79.9. The maximum absolute atomic E-state index is 7.32. The molecular weight excluding hydrogens is 274 g/mol. The van der Waals surface area contributed by atoms with Crippen LogP contribution < -0.4 is 5.73 Å². The molecule has 0 bridgehead atoms. The zero-order valence-electron chi connectivity index (χ0n) is 8.96. The summed E-state index contributed by atoms with van der Waals surface area (Å²) in [5.41, 5.74) is 5.43. The molecule has 1 atom stereocenters. The lowest BCUT2D eigenvalue weighted by Crippen LogP contribution is -2.31. The van der Waals surface area contributed by atoms with E-state index in [0.29, 0.717) is 0 Å². The third kappa shape index (κ3) is 4.32. The van der Waals surface area contributed by atoms with Gasteiger partial charge in [-0.3, -0.25) is 5.41 Å². The number of halogens is 1. The summed E-state index contributed by atoms with van der Waals surface area (Å²) in [5.74, 6) is 0.382. The van der Waals surface area contributed by atoms with Gasteiger partial charge in [0.1, 0.15) is 0 Å². The highest BCUT2D eigenvalue weighted by Crippen LogP contribution is 2.20. The van der Waals surface area contributed by atoms with Crippen LogP contribution in [0, 0.1) is 11.3 Å². The second-order valence-electron chi connectivity index (χ2n) is 3.78. The zero-order valence-corrected chi connectivity index (χ0v) is 11.4. The van der Waals surface area contributed by atoms with Crippen molar-refractivity contribution < 1.29 is 0 Å². The van der Waals surface area contributed by atoms with E-state index in [1.165, 1.54) is 4.88 Å². The fraction of sp³-hybridized carbons (Fsp3) is 0.500. The van der Waals surface area contributed by atoms with Gasteiger partial charge < -0.3 is 10.6 Å². The molecule has 1 aromatic rings. The molecule has 1 heterocycles. The summed E-state index contributed by atoms with van der Waals surface area (Å²) in [6.07, 6.45) is 0. The lowest BCUT2D eigenvalue weighted by Gasteiger charge is -2.19. The Morgan fingerprint density at radius 3 is 2.87 bits per heavy atom. The molecule has 15 heavy (non-hydrogen) atoms. The van der Waals surface area contributed by atoms with Crippen LogP contribution in [0.15, 0.2) is 15.9 Å². The quantitative estimate of drug-likeness (QED) is 0.646. The number of hydrogen-bond donors (Lipinski definition) is 2. The van der Waals surface area contributed by atoms with Crippen LogP contribution in [0.5, 0.6) is 0 Å². The minimum absolute atomic E-state index is 0.124. The number of nitrogens with two attached hydrogens (primary N) is 1. The molecule has 1 unspecified atom stereocenters. The number of nitrogens with zero attached hydrogens (tertiary/aromatic N) is 1. The van der Waals surface area contributed by atoms with Crippen molar-refractivity contribution in [2.75, 3.05) is 13.6 Å². The normalized spacial score (nSPS) is 13.1. The summed E-state index contributed by atoms with van der Waals surface area (Å²) in [6, 6.07) is 2.12. The molecule has 0 saturated heterocycles. The van der Waals surface area contributed by atoms with Crippen LogP contribution in [0.4, 0.5) is 0 Å². The molecule has 0 saturated carbocycles. The van der Waals surface area contributed by atoms with Gasteiger partial charge in [-0.15, -0.1) is 11.3 Å². The van der Waals surface area contributed by atoms with Crippen molar-refractivity contribution in [1.29, 1.82) is 5.41 Å². The Balaban J connectivity index is 2.42. The lowest BCUT2D eigenvalue weighted by molar-refractivity contribution is 0.309. The number of hydrogen-bond acceptors (Lipinski definition) is 3. The van der Waals surface area contributed by atoms with Crippen LogP contribution in [0.1, 0.15) is 11.8 Å². The Morgan fingerprint density at radius 1 is 1.73 bits per heavy atom. The molecule has 0 aromatic carbocycles. The topological polar surface area (TPSA) is 53.1 Å². The standard InChI is InChI=1S/C10H16BrN3S/c1-7(10(12)13)4-14(2)5-9-3-8(11)6-15-9/h3,6-7H,4-5H2,1-2H3,(H3,12,13). The van der Waals surface area contributed by atoms with Gasteiger partial charge in [0.2, 0.25) is 0 Å². The predicted molar refractivity (Wildman–Crippen MR) is 69.4 cm³/mol. The molecule has 0 aliphatic heterocycles. The minimum atomic E-state index is 0.124. The third-order valence-electron chi connectivity index (χ3n) is 2.16. The number of nitrogens with one attached hydrogen (secondary N) is 1. The molecule has 3 N–H and O–H groups in total. The Labute approximate surface area is 103 Å². The molecule has 0 aliphatic carbocycles. The second kappa shape index (κ2) is 5.63. The first-order valence-corrected chi connectivity index (χ1v) is 6.41. The highest BCUT2D eigenvalue weighted by molar-refractivity contribution is 9.10. The Morgan fingerprint density at radius 2 is 2.40 bits per heavy atom. The van der Waals surface area contributed by atoms with E-state index in [9.17, 15) is 0 Å². The number of amidine groups is 1. The molecule has 5 heteroatoms. The average molecular weight is 290 g/mol. The molecular formula is C10H16BrN3S. The van der Waals surface area contributed by atoms with E-state index in [1.807, 2.05) is 14.0 Å². The van der Waals surface area contributed by atoms with E-state index in [-0.39, 0.29) is 11.8 Å². The molecule has 84 valence electrons. The molecule has 3 nitrogen and oxygen atoms in total. The van der Waals surface area contributed by atoms with E-state index in [4.69, 9.17) is 11.1 Å². The van der Waals surface area contributed by atoms with Gasteiger partial charge in [0.05, 0.1) is 5.84 Å². The van der Waals surface area contributed by atoms with Gasteiger partial charge in [-0.25, -0.2) is 0 Å². The van der Waals surface area contributed by atoms with E-state index < -0.39 is 0 Å². The van der Waals surface area contributed by atoms with Gasteiger partial charge in [0.25, 0.3) is 0 Å². The van der Waals surface area contributed by atoms with Crippen LogP contribution >= 0.6 is 27.3 Å². The van der Waals surface area contributed by atoms with Crippen molar-refractivity contribution in [3.8, 4) is 0 Å². The van der Waals surface area contributed by atoms with Crippen LogP contribution in [0.3, 0.4) is 0 Å². The second-order valence-corrected chi connectivity index (χ2v) is 5.70. The average Bonchev–Trinajstić information content (AvgIpc) is 2.50. The maximum Gasteiger partial charge on any atom is 0.0947 e. The van der Waals surface area contributed by atoms with E-state index in [2.05, 4.69) is 32.3 Å². The SMILES string of the molecule is CC(CN(C)Cc1cc(Br)cs1)C(=N)N. The van der Waals surface area contributed by atoms with Crippen molar-refractivity contribution in [3.05, 3.63) is 20.8 Å². The van der Waals surface area contributed by atoms with E-state index in [0.717, 1.165) is 17.6 Å². The first-order valence-electron chi connectivity index (χ1n) is 4.74. The first kappa shape index (κ1) is 12.7. The largest absolute Gasteiger partial charge is 0.387 e. The minimum Gasteiger partial charge on any atom is -0.387 e. The molecule has 0 aliphatic rings. The fourth-order valence-electron chi connectivity index (χ4n) is 1.33. The summed E-state index contributed by atoms with van der Waals surface area (Å²) < 4.78 is 1.13. The van der Waals surface area contributed by atoms with Crippen molar-refractivity contribution in [2.24, 2.45) is 11.7 Å². The summed E-state index contributed by atoms with van der Waals surface area (Å²) in [7, 11) is 2.05. The van der Waals surface area contributed by atoms with Crippen LogP contribution in [0.25, 0.3) is 0 Å². The number of rotatable bonds is 5. The first-order chi connectivity index (χ1) is 6.99. The van der Waals surface area contributed by atoms with Crippen molar-refractivity contribution in [2.45, 2.75) is 13.5 Å². The van der Waals surface area contributed by atoms with Crippen molar-refractivity contribution in [1.82, 2.24) is 4.90 Å². The molecule has 0 fully saturated rings. The van der Waals surface area contributed by atoms with Gasteiger partial charge in [0, 0.05) is 33.7 Å². The van der Waals surface area contributed by atoms with E-state index in [1.54, 1.807) is 11.3 Å². The smallest absolute Gasteiger partial charge is 0.0947 e. The van der Waals surface area contributed by atoms with Crippen LogP contribution in [0.2, 0.25) is 0 Å². The fourth-order valence-corrected chi connectivity index (χ4v) is 2.86. The molecule has 0 radical (unpaired) electrons. The molecule has 1 aromatic heterocycles. The summed E-state index contributed by atoms with van der Waals surface area (Å²) in [5, 5.41) is 9.40. The lowest BCUT2D eigenvalue weighted by atomic mass is 10.1. The van der Waals surface area contributed by atoms with Gasteiger partial charge in [-0.05, 0) is 29.0 Å². The summed E-state index contributed by atoms with van der Waals surface area (Å²) in [6.45, 7) is 3.71. The monoisotopic (exact) mass is 289 g/mol. The van der Waals surface area contributed by atoms with Crippen molar-refractivity contribution >= 4 is 33.1 Å². The maximum atomic E-state index is 7.32. The Kier molecular flexibility index (Phi) is 4.76. The zero-order chi connectivity index (χ0) is 11.4. The van der Waals surface area contributed by atoms with Gasteiger partial charge in [-0.1, -0.05) is 6.92 Å². The van der Waals surface area contributed by atoms with E-state index >= 15 is 0 Å². The molecule has 1 rings (SSSR count). The van der Waals surface area contributed by atoms with Gasteiger partial charge in [-0.2, -0.15) is 0 Å². The number of thiophene rings is 1. The molecule has 0 amide bonds. The third-order valence-corrected chi connectivity index (χ3v) is 3.85.